The number of carbonyl (C=O) groups is 1. The predicted octanol–water partition coefficient (Wildman–Crippen LogP) is 5.61. The second-order valence-corrected chi connectivity index (χ2v) is 9.34. The molecule has 166 valence electrons. The van der Waals surface area contributed by atoms with E-state index in [4.69, 9.17) is 0 Å². The molecule has 2 aliphatic heterocycles. The van der Waals surface area contributed by atoms with Crippen LogP contribution in [0.1, 0.15) is 49.4 Å². The van der Waals surface area contributed by atoms with Crippen molar-refractivity contribution < 1.29 is 4.79 Å². The predicted molar refractivity (Wildman–Crippen MR) is 130 cm³/mol. The monoisotopic (exact) mass is 428 g/mol. The molecule has 5 nitrogen and oxygen atoms in total. The molecule has 1 aromatic heterocycles. The number of H-pyrrole nitrogens is 1. The van der Waals surface area contributed by atoms with Crippen molar-refractivity contribution >= 4 is 11.6 Å². The van der Waals surface area contributed by atoms with Gasteiger partial charge in [-0.05, 0) is 73.9 Å². The van der Waals surface area contributed by atoms with Gasteiger partial charge in [-0.25, -0.2) is 0 Å². The van der Waals surface area contributed by atoms with Gasteiger partial charge in [0.05, 0.1) is 11.4 Å². The van der Waals surface area contributed by atoms with E-state index in [0.717, 1.165) is 60.7 Å². The lowest BCUT2D eigenvalue weighted by Gasteiger charge is -2.31. The normalized spacial score (nSPS) is 19.2. The number of nitrogens with one attached hydrogen (secondary N) is 1. The first-order valence-corrected chi connectivity index (χ1v) is 12.0. The molecule has 0 unspecified atom stereocenters. The number of rotatable bonds is 4. The zero-order valence-electron chi connectivity index (χ0n) is 18.9. The zero-order chi connectivity index (χ0) is 21.9. The van der Waals surface area contributed by atoms with E-state index in [2.05, 4.69) is 52.4 Å². The van der Waals surface area contributed by atoms with Gasteiger partial charge in [-0.3, -0.25) is 9.89 Å². The fraction of sp³-hybridized carbons (Fsp3) is 0.407. The number of hydrogen-bond acceptors (Lipinski definition) is 3. The number of nitrogens with zero attached hydrogens (tertiary/aromatic N) is 3. The molecular formula is C27H32N4O. The van der Waals surface area contributed by atoms with E-state index >= 15 is 0 Å². The Balaban J connectivity index is 1.27. The highest BCUT2D eigenvalue weighted by Gasteiger charge is 2.22. The molecule has 2 saturated heterocycles. The van der Waals surface area contributed by atoms with Crippen LogP contribution in [0.4, 0.5) is 5.69 Å². The van der Waals surface area contributed by atoms with E-state index in [1.54, 1.807) is 0 Å². The Bertz CT molecular complexity index is 1050. The van der Waals surface area contributed by atoms with Gasteiger partial charge in [0.15, 0.2) is 0 Å². The quantitative estimate of drug-likeness (QED) is 0.588. The molecule has 1 N–H and O–H groups in total. The third kappa shape index (κ3) is 4.43. The van der Waals surface area contributed by atoms with Gasteiger partial charge in [-0.1, -0.05) is 31.2 Å². The van der Waals surface area contributed by atoms with E-state index in [-0.39, 0.29) is 5.91 Å². The standard InChI is InChI=1S/C27H32N4O/c1-20-6-5-17-31(19-20)27(32)23-9-7-21(8-10-23)25-18-26(29-28-25)22-11-13-24(14-12-22)30-15-3-2-4-16-30/h7-14,18,20H,2-6,15-17,19H2,1H3,(H,28,29)/t20-/m0/s1. The Morgan fingerprint density at radius 1 is 0.906 bits per heavy atom. The summed E-state index contributed by atoms with van der Waals surface area (Å²) in [5.41, 5.74) is 6.11. The van der Waals surface area contributed by atoms with Crippen molar-refractivity contribution in [1.82, 2.24) is 15.1 Å². The summed E-state index contributed by atoms with van der Waals surface area (Å²) in [6.07, 6.45) is 6.22. The maximum atomic E-state index is 12.8. The molecule has 0 aliphatic carbocycles. The maximum absolute atomic E-state index is 12.8. The molecule has 2 fully saturated rings. The zero-order valence-corrected chi connectivity index (χ0v) is 18.9. The average Bonchev–Trinajstić information content (AvgIpc) is 3.35. The van der Waals surface area contributed by atoms with Crippen molar-refractivity contribution in [1.29, 1.82) is 0 Å². The van der Waals surface area contributed by atoms with Crippen LogP contribution in [0.15, 0.2) is 54.6 Å². The Kier molecular flexibility index (Phi) is 5.97. The van der Waals surface area contributed by atoms with Gasteiger partial charge in [0, 0.05) is 43.0 Å². The number of amides is 1. The van der Waals surface area contributed by atoms with Gasteiger partial charge in [0.25, 0.3) is 5.91 Å². The molecule has 3 aromatic rings. The van der Waals surface area contributed by atoms with E-state index in [1.807, 2.05) is 29.2 Å². The molecule has 1 amide bonds. The molecule has 32 heavy (non-hydrogen) atoms. The first-order valence-electron chi connectivity index (χ1n) is 12.0. The van der Waals surface area contributed by atoms with Crippen LogP contribution in [-0.2, 0) is 0 Å². The minimum atomic E-state index is 0.141. The molecular weight excluding hydrogens is 396 g/mol. The molecule has 5 heteroatoms. The average molecular weight is 429 g/mol. The minimum absolute atomic E-state index is 0.141. The lowest BCUT2D eigenvalue weighted by molar-refractivity contribution is 0.0683. The molecule has 1 atom stereocenters. The van der Waals surface area contributed by atoms with Crippen molar-refractivity contribution in [2.45, 2.75) is 39.0 Å². The van der Waals surface area contributed by atoms with Crippen molar-refractivity contribution in [2.75, 3.05) is 31.1 Å². The summed E-state index contributed by atoms with van der Waals surface area (Å²) in [5, 5.41) is 7.69. The molecule has 0 radical (unpaired) electrons. The van der Waals surface area contributed by atoms with Crippen LogP contribution in [0.25, 0.3) is 22.5 Å². The first kappa shape index (κ1) is 20.8. The van der Waals surface area contributed by atoms with Crippen LogP contribution >= 0.6 is 0 Å². The highest BCUT2D eigenvalue weighted by molar-refractivity contribution is 5.94. The number of anilines is 1. The Morgan fingerprint density at radius 2 is 1.62 bits per heavy atom. The number of carbonyl (C=O) groups excluding carboxylic acids is 1. The summed E-state index contributed by atoms with van der Waals surface area (Å²) in [4.78, 5) is 17.3. The SMILES string of the molecule is C[C@H]1CCCN(C(=O)c2ccc(-c3cc(-c4ccc(N5CCCCC5)cc4)n[nH]3)cc2)C1. The summed E-state index contributed by atoms with van der Waals surface area (Å²) in [5.74, 6) is 0.728. The van der Waals surface area contributed by atoms with Crippen LogP contribution in [0.5, 0.6) is 0 Å². The number of benzene rings is 2. The van der Waals surface area contributed by atoms with Gasteiger partial charge in [0.2, 0.25) is 0 Å². The van der Waals surface area contributed by atoms with E-state index in [1.165, 1.54) is 31.4 Å². The molecule has 3 heterocycles. The summed E-state index contributed by atoms with van der Waals surface area (Å²) >= 11 is 0. The van der Waals surface area contributed by atoms with Crippen LogP contribution in [0, 0.1) is 5.92 Å². The van der Waals surface area contributed by atoms with Crippen molar-refractivity contribution in [2.24, 2.45) is 5.92 Å². The van der Waals surface area contributed by atoms with Crippen LogP contribution in [-0.4, -0.2) is 47.2 Å². The third-order valence-electron chi connectivity index (χ3n) is 6.85. The summed E-state index contributed by atoms with van der Waals surface area (Å²) in [6.45, 7) is 6.26. The van der Waals surface area contributed by atoms with Gasteiger partial charge in [-0.2, -0.15) is 5.10 Å². The third-order valence-corrected chi connectivity index (χ3v) is 6.85. The van der Waals surface area contributed by atoms with Crippen molar-refractivity contribution in [3.63, 3.8) is 0 Å². The molecule has 0 spiro atoms. The number of likely N-dealkylation sites (tertiary alicyclic amines) is 1. The second kappa shape index (κ2) is 9.19. The summed E-state index contributed by atoms with van der Waals surface area (Å²) < 4.78 is 0. The van der Waals surface area contributed by atoms with E-state index in [9.17, 15) is 4.79 Å². The van der Waals surface area contributed by atoms with Gasteiger partial charge in [0.1, 0.15) is 0 Å². The van der Waals surface area contributed by atoms with Crippen LogP contribution < -0.4 is 4.90 Å². The minimum Gasteiger partial charge on any atom is -0.372 e. The highest BCUT2D eigenvalue weighted by atomic mass is 16.2. The molecule has 0 saturated carbocycles. The first-order chi connectivity index (χ1) is 15.7. The number of aromatic amines is 1. The molecule has 0 bridgehead atoms. The van der Waals surface area contributed by atoms with Gasteiger partial charge in [-0.15, -0.1) is 0 Å². The fourth-order valence-electron chi connectivity index (χ4n) is 4.96. The van der Waals surface area contributed by atoms with E-state index < -0.39 is 0 Å². The van der Waals surface area contributed by atoms with Crippen molar-refractivity contribution in [3.8, 4) is 22.5 Å². The highest BCUT2D eigenvalue weighted by Crippen LogP contribution is 2.27. The number of hydrogen-bond donors (Lipinski definition) is 1. The van der Waals surface area contributed by atoms with Crippen LogP contribution in [0.3, 0.4) is 0 Å². The molecule has 2 aliphatic rings. The second-order valence-electron chi connectivity index (χ2n) is 9.34. The summed E-state index contributed by atoms with van der Waals surface area (Å²) in [7, 11) is 0. The number of aromatic nitrogens is 2. The van der Waals surface area contributed by atoms with E-state index in [0.29, 0.717) is 5.92 Å². The van der Waals surface area contributed by atoms with Crippen LogP contribution in [0.2, 0.25) is 0 Å². The fourth-order valence-corrected chi connectivity index (χ4v) is 4.96. The molecule has 2 aromatic carbocycles. The summed E-state index contributed by atoms with van der Waals surface area (Å²) in [6, 6.07) is 18.7. The Labute approximate surface area is 190 Å². The Hall–Kier alpha value is -3.08. The smallest absolute Gasteiger partial charge is 0.253 e. The number of piperidine rings is 2. The Morgan fingerprint density at radius 3 is 2.34 bits per heavy atom. The van der Waals surface area contributed by atoms with Crippen molar-refractivity contribution in [3.05, 3.63) is 60.2 Å². The topological polar surface area (TPSA) is 52.2 Å². The van der Waals surface area contributed by atoms with Gasteiger partial charge >= 0.3 is 0 Å². The lowest BCUT2D eigenvalue weighted by atomic mass is 9.99. The molecule has 5 rings (SSSR count). The van der Waals surface area contributed by atoms with Gasteiger partial charge < -0.3 is 9.80 Å². The largest absolute Gasteiger partial charge is 0.372 e. The lowest BCUT2D eigenvalue weighted by Crippen LogP contribution is -2.39. The maximum Gasteiger partial charge on any atom is 0.253 e.